The molecule has 1 amide bonds. The van der Waals surface area contributed by atoms with Crippen LogP contribution in [-0.2, 0) is 17.8 Å². The van der Waals surface area contributed by atoms with Gasteiger partial charge >= 0.3 is 0 Å². The average molecular weight is 328 g/mol. The molecule has 126 valence electrons. The molecule has 2 aromatic carbocycles. The highest BCUT2D eigenvalue weighted by Crippen LogP contribution is 2.30. The topological polar surface area (TPSA) is 52.6 Å². The van der Waals surface area contributed by atoms with E-state index in [9.17, 15) is 14.3 Å². The maximum Gasteiger partial charge on any atom is 0.227 e. The molecule has 0 aromatic heterocycles. The number of anilines is 2. The Morgan fingerprint density at radius 3 is 2.79 bits per heavy atom. The first-order chi connectivity index (χ1) is 11.6. The van der Waals surface area contributed by atoms with E-state index in [0.29, 0.717) is 18.5 Å². The Kier molecular flexibility index (Phi) is 4.69. The monoisotopic (exact) mass is 328 g/mol. The molecule has 4 nitrogen and oxygen atoms in total. The lowest BCUT2D eigenvalue weighted by molar-refractivity contribution is -0.118. The van der Waals surface area contributed by atoms with Crippen molar-refractivity contribution in [2.45, 2.75) is 32.7 Å². The summed E-state index contributed by atoms with van der Waals surface area (Å²) in [7, 11) is 0. The first-order valence-corrected chi connectivity index (χ1v) is 8.22. The Morgan fingerprint density at radius 2 is 2.04 bits per heavy atom. The minimum absolute atomic E-state index is 0.0778. The number of phenols is 1. The zero-order valence-corrected chi connectivity index (χ0v) is 13.7. The van der Waals surface area contributed by atoms with E-state index in [0.717, 1.165) is 42.4 Å². The molecule has 0 unspecified atom stereocenters. The number of hydrogen-bond acceptors (Lipinski definition) is 3. The third-order valence-electron chi connectivity index (χ3n) is 4.17. The number of aromatic hydroxyl groups is 1. The van der Waals surface area contributed by atoms with Crippen molar-refractivity contribution < 1.29 is 14.3 Å². The number of fused-ring (bicyclic) bond motifs is 1. The normalized spacial score (nSPS) is 13.8. The summed E-state index contributed by atoms with van der Waals surface area (Å²) in [5.74, 6) is -0.350. The molecule has 0 atom stereocenters. The van der Waals surface area contributed by atoms with E-state index in [-0.39, 0.29) is 11.7 Å². The van der Waals surface area contributed by atoms with Gasteiger partial charge in [-0.25, -0.2) is 4.39 Å². The number of benzene rings is 2. The molecule has 3 rings (SSSR count). The van der Waals surface area contributed by atoms with Gasteiger partial charge in [-0.15, -0.1) is 0 Å². The molecular weight excluding hydrogens is 307 g/mol. The van der Waals surface area contributed by atoms with Crippen LogP contribution in [0.15, 0.2) is 36.4 Å². The molecule has 0 aliphatic carbocycles. The van der Waals surface area contributed by atoms with Gasteiger partial charge in [0.25, 0.3) is 0 Å². The maximum absolute atomic E-state index is 13.3. The van der Waals surface area contributed by atoms with E-state index >= 15 is 0 Å². The van der Waals surface area contributed by atoms with E-state index < -0.39 is 5.82 Å². The zero-order chi connectivity index (χ0) is 17.1. The molecule has 2 aromatic rings. The Morgan fingerprint density at radius 1 is 1.21 bits per heavy atom. The van der Waals surface area contributed by atoms with Crippen LogP contribution in [0, 0.1) is 5.82 Å². The number of nitrogens with one attached hydrogen (secondary N) is 1. The van der Waals surface area contributed by atoms with Crippen molar-refractivity contribution in [2.75, 3.05) is 16.8 Å². The average Bonchev–Trinajstić information content (AvgIpc) is 2.55. The number of rotatable bonds is 5. The lowest BCUT2D eigenvalue weighted by Crippen LogP contribution is -2.35. The van der Waals surface area contributed by atoms with Gasteiger partial charge in [-0.3, -0.25) is 4.79 Å². The third kappa shape index (κ3) is 3.50. The predicted molar refractivity (Wildman–Crippen MR) is 92.8 cm³/mol. The number of amides is 1. The second-order valence-corrected chi connectivity index (χ2v) is 6.06. The lowest BCUT2D eigenvalue weighted by atomic mass is 10.00. The summed E-state index contributed by atoms with van der Waals surface area (Å²) in [4.78, 5) is 13.9. The second kappa shape index (κ2) is 6.91. The summed E-state index contributed by atoms with van der Waals surface area (Å²) in [5, 5.41) is 12.7. The van der Waals surface area contributed by atoms with E-state index in [4.69, 9.17) is 0 Å². The summed E-state index contributed by atoms with van der Waals surface area (Å²) in [6.07, 6.45) is 2.20. The number of phenolic OH excluding ortho intramolecular Hbond substituents is 1. The van der Waals surface area contributed by atoms with Gasteiger partial charge in [-0.1, -0.05) is 6.92 Å². The Bertz CT molecular complexity index is 741. The van der Waals surface area contributed by atoms with Gasteiger partial charge in [-0.05, 0) is 54.3 Å². The number of nitrogens with zero attached hydrogens (tertiary/aromatic N) is 1. The van der Waals surface area contributed by atoms with Crippen LogP contribution in [0.4, 0.5) is 15.8 Å². The van der Waals surface area contributed by atoms with E-state index in [1.54, 1.807) is 0 Å². The summed E-state index contributed by atoms with van der Waals surface area (Å²) in [6, 6.07) is 9.96. The molecule has 0 spiro atoms. The van der Waals surface area contributed by atoms with Crippen molar-refractivity contribution in [3.05, 3.63) is 53.3 Å². The number of carbonyl (C=O) groups excluding carboxylic acids is 1. The van der Waals surface area contributed by atoms with Crippen molar-refractivity contribution in [1.29, 1.82) is 0 Å². The standard InChI is InChI=1S/C19H21FN2O2/c1-2-7-22-18-5-4-16(10-14(18)3-6-19(22)24)21-12-13-8-15(20)11-17(23)9-13/h4-5,8-11,21,23H,2-3,6-7,12H2,1H3. The summed E-state index contributed by atoms with van der Waals surface area (Å²) < 4.78 is 13.3. The van der Waals surface area contributed by atoms with E-state index in [2.05, 4.69) is 12.2 Å². The highest BCUT2D eigenvalue weighted by Gasteiger charge is 2.23. The van der Waals surface area contributed by atoms with E-state index in [1.807, 2.05) is 23.1 Å². The fourth-order valence-corrected chi connectivity index (χ4v) is 3.08. The van der Waals surface area contributed by atoms with Crippen LogP contribution in [0.2, 0.25) is 0 Å². The second-order valence-electron chi connectivity index (χ2n) is 6.06. The van der Waals surface area contributed by atoms with Gasteiger partial charge in [0.2, 0.25) is 5.91 Å². The summed E-state index contributed by atoms with van der Waals surface area (Å²) in [5.41, 5.74) is 3.73. The van der Waals surface area contributed by atoms with Crippen LogP contribution in [0.3, 0.4) is 0 Å². The Labute approximate surface area is 140 Å². The molecular formula is C19H21FN2O2. The summed E-state index contributed by atoms with van der Waals surface area (Å²) >= 11 is 0. The third-order valence-corrected chi connectivity index (χ3v) is 4.17. The van der Waals surface area contributed by atoms with Crippen LogP contribution < -0.4 is 10.2 Å². The van der Waals surface area contributed by atoms with Gasteiger partial charge in [0.15, 0.2) is 0 Å². The molecule has 0 saturated heterocycles. The van der Waals surface area contributed by atoms with Gasteiger partial charge in [-0.2, -0.15) is 0 Å². The van der Waals surface area contributed by atoms with Crippen molar-refractivity contribution in [3.8, 4) is 5.75 Å². The Balaban J connectivity index is 1.75. The van der Waals surface area contributed by atoms with Crippen LogP contribution in [0.25, 0.3) is 0 Å². The van der Waals surface area contributed by atoms with Crippen molar-refractivity contribution in [3.63, 3.8) is 0 Å². The molecule has 0 radical (unpaired) electrons. The van der Waals surface area contributed by atoms with Crippen molar-refractivity contribution in [2.24, 2.45) is 0 Å². The van der Waals surface area contributed by atoms with Crippen LogP contribution in [0.5, 0.6) is 5.75 Å². The number of carbonyl (C=O) groups is 1. The fourth-order valence-electron chi connectivity index (χ4n) is 3.08. The minimum Gasteiger partial charge on any atom is -0.508 e. The van der Waals surface area contributed by atoms with Gasteiger partial charge in [0.05, 0.1) is 0 Å². The SMILES string of the molecule is CCCN1C(=O)CCc2cc(NCc3cc(O)cc(F)c3)ccc21. The molecule has 24 heavy (non-hydrogen) atoms. The predicted octanol–water partition coefficient (Wildman–Crippen LogP) is 3.83. The van der Waals surface area contributed by atoms with E-state index in [1.165, 1.54) is 12.1 Å². The molecule has 0 saturated carbocycles. The molecule has 2 N–H and O–H groups in total. The molecule has 1 aliphatic rings. The van der Waals surface area contributed by atoms with Crippen LogP contribution >= 0.6 is 0 Å². The molecule has 5 heteroatoms. The number of halogens is 1. The van der Waals surface area contributed by atoms with Gasteiger partial charge in [0, 0.05) is 37.0 Å². The number of aryl methyl sites for hydroxylation is 1. The van der Waals surface area contributed by atoms with Crippen molar-refractivity contribution in [1.82, 2.24) is 0 Å². The van der Waals surface area contributed by atoms with Crippen LogP contribution in [-0.4, -0.2) is 17.6 Å². The molecule has 1 heterocycles. The lowest BCUT2D eigenvalue weighted by Gasteiger charge is -2.29. The van der Waals surface area contributed by atoms with Crippen LogP contribution in [0.1, 0.15) is 30.9 Å². The largest absolute Gasteiger partial charge is 0.508 e. The molecule has 1 aliphatic heterocycles. The number of hydrogen-bond donors (Lipinski definition) is 2. The van der Waals surface area contributed by atoms with Crippen molar-refractivity contribution >= 4 is 17.3 Å². The summed E-state index contributed by atoms with van der Waals surface area (Å²) in [6.45, 7) is 3.22. The Hall–Kier alpha value is -2.56. The first kappa shape index (κ1) is 16.3. The molecule has 0 bridgehead atoms. The zero-order valence-electron chi connectivity index (χ0n) is 13.7. The maximum atomic E-state index is 13.3. The minimum atomic E-state index is -0.453. The first-order valence-electron chi connectivity index (χ1n) is 8.22. The molecule has 0 fully saturated rings. The highest BCUT2D eigenvalue weighted by molar-refractivity contribution is 5.96. The van der Waals surface area contributed by atoms with Gasteiger partial charge in [0.1, 0.15) is 11.6 Å². The highest BCUT2D eigenvalue weighted by atomic mass is 19.1. The fraction of sp³-hybridized carbons (Fsp3) is 0.316. The quantitative estimate of drug-likeness (QED) is 0.877. The van der Waals surface area contributed by atoms with Gasteiger partial charge < -0.3 is 15.3 Å². The smallest absolute Gasteiger partial charge is 0.227 e.